The minimum Gasteiger partial charge on any atom is -0.530 e. The maximum atomic E-state index is 10.1. The Morgan fingerprint density at radius 3 is 1.78 bits per heavy atom. The quantitative estimate of drug-likeness (QED) is 0.364. The maximum Gasteiger partial charge on any atom is 0.261 e. The molecule has 0 aliphatic heterocycles. The van der Waals surface area contributed by atoms with Crippen LogP contribution in [0.15, 0.2) is 66.7 Å². The van der Waals surface area contributed by atoms with Crippen LogP contribution in [0.3, 0.4) is 0 Å². The summed E-state index contributed by atoms with van der Waals surface area (Å²) in [5.74, 6) is 0.586. The Balaban J connectivity index is 1.97. The first-order valence-electron chi connectivity index (χ1n) is 12.9. The highest BCUT2D eigenvalue weighted by Crippen LogP contribution is 2.38. The van der Waals surface area contributed by atoms with Crippen LogP contribution in [0.1, 0.15) is 54.2 Å². The lowest BCUT2D eigenvalue weighted by molar-refractivity contribution is 0.174. The fourth-order valence-corrected chi connectivity index (χ4v) is 10.1. The molecule has 3 aromatic rings. The van der Waals surface area contributed by atoms with Crippen molar-refractivity contribution in [1.29, 1.82) is 0 Å². The molecule has 1 N–H and O–H groups in total. The predicted octanol–water partition coefficient (Wildman–Crippen LogP) is 5.72. The SMILES string of the molecule is C[C@@H](Cn1nc(O[Si](C)(C)C(C)(C)C)cc1CO)O[Si](c1ccccc1)(c1ccccc1)C(C)(C)C. The van der Waals surface area contributed by atoms with Crippen molar-refractivity contribution in [2.75, 3.05) is 0 Å². The summed E-state index contributed by atoms with van der Waals surface area (Å²) in [6.45, 7) is 20.4. The van der Waals surface area contributed by atoms with E-state index < -0.39 is 16.6 Å². The molecule has 0 saturated heterocycles. The van der Waals surface area contributed by atoms with Crippen LogP contribution >= 0.6 is 0 Å². The molecular weight excluding hydrogens is 481 g/mol. The third-order valence-electron chi connectivity index (χ3n) is 7.39. The fraction of sp³-hybridized carbons (Fsp3) is 0.483. The van der Waals surface area contributed by atoms with Crippen LogP contribution in [0.4, 0.5) is 0 Å². The van der Waals surface area contributed by atoms with Gasteiger partial charge in [-0.15, -0.1) is 5.10 Å². The van der Waals surface area contributed by atoms with Gasteiger partial charge in [-0.2, -0.15) is 0 Å². The van der Waals surface area contributed by atoms with E-state index in [1.807, 2.05) is 10.7 Å². The molecule has 5 nitrogen and oxygen atoms in total. The highest BCUT2D eigenvalue weighted by Gasteiger charge is 2.51. The first kappa shape index (κ1) is 28.4. The van der Waals surface area contributed by atoms with Gasteiger partial charge in [-0.05, 0) is 40.5 Å². The first-order chi connectivity index (χ1) is 16.7. The summed E-state index contributed by atoms with van der Waals surface area (Å²) >= 11 is 0. The Hall–Kier alpha value is -2.20. The summed E-state index contributed by atoms with van der Waals surface area (Å²) < 4.78 is 15.5. The minimum atomic E-state index is -2.68. The zero-order valence-corrected chi connectivity index (χ0v) is 25.5. The molecule has 0 aliphatic rings. The van der Waals surface area contributed by atoms with Crippen molar-refractivity contribution in [1.82, 2.24) is 9.78 Å². The normalized spacial score (nSPS) is 14.1. The molecule has 3 rings (SSSR count). The summed E-state index contributed by atoms with van der Waals surface area (Å²) in [4.78, 5) is 0. The van der Waals surface area contributed by atoms with E-state index in [4.69, 9.17) is 14.0 Å². The molecule has 1 heterocycles. The van der Waals surface area contributed by atoms with Gasteiger partial charge in [0.2, 0.25) is 5.88 Å². The molecule has 2 aromatic carbocycles. The summed E-state index contributed by atoms with van der Waals surface area (Å²) in [6.07, 6.45) is -0.137. The largest absolute Gasteiger partial charge is 0.530 e. The van der Waals surface area contributed by atoms with Crippen molar-refractivity contribution in [3.63, 3.8) is 0 Å². The average Bonchev–Trinajstić information content (AvgIpc) is 3.17. The summed E-state index contributed by atoms with van der Waals surface area (Å²) in [7, 11) is -4.72. The standard InChI is InChI=1S/C29H44N2O3Si2/c1-23(21-31-24(22-32)20-27(30-31)34-35(8,9)28(2,3)4)33-36(29(5,6)7,25-16-12-10-13-17-25)26-18-14-11-15-19-26/h10-20,23,32H,21-22H2,1-9H3/t23-/m0/s1. The lowest BCUT2D eigenvalue weighted by atomic mass is 10.2. The summed E-state index contributed by atoms with van der Waals surface area (Å²) in [5, 5.41) is 17.3. The van der Waals surface area contributed by atoms with Gasteiger partial charge in [0.25, 0.3) is 16.6 Å². The van der Waals surface area contributed by atoms with Gasteiger partial charge in [0, 0.05) is 6.07 Å². The smallest absolute Gasteiger partial charge is 0.261 e. The van der Waals surface area contributed by atoms with Crippen LogP contribution in [-0.2, 0) is 17.6 Å². The topological polar surface area (TPSA) is 56.5 Å². The monoisotopic (exact) mass is 524 g/mol. The predicted molar refractivity (Wildman–Crippen MR) is 154 cm³/mol. The maximum absolute atomic E-state index is 10.1. The van der Waals surface area contributed by atoms with Gasteiger partial charge in [0.05, 0.1) is 24.9 Å². The van der Waals surface area contributed by atoms with Gasteiger partial charge < -0.3 is 14.0 Å². The van der Waals surface area contributed by atoms with Gasteiger partial charge in [-0.3, -0.25) is 4.68 Å². The minimum absolute atomic E-state index is 0.0653. The van der Waals surface area contributed by atoms with Gasteiger partial charge in [-0.25, -0.2) is 0 Å². The van der Waals surface area contributed by atoms with E-state index in [2.05, 4.69) is 122 Å². The Morgan fingerprint density at radius 1 is 0.861 bits per heavy atom. The molecule has 0 spiro atoms. The van der Waals surface area contributed by atoms with Crippen LogP contribution in [0.5, 0.6) is 5.88 Å². The van der Waals surface area contributed by atoms with Crippen LogP contribution in [0.2, 0.25) is 23.2 Å². The summed E-state index contributed by atoms with van der Waals surface area (Å²) in [6, 6.07) is 23.2. The molecule has 1 aromatic heterocycles. The molecule has 0 saturated carbocycles. The van der Waals surface area contributed by atoms with E-state index in [0.717, 1.165) is 5.69 Å². The number of hydrogen-bond donors (Lipinski definition) is 1. The molecule has 36 heavy (non-hydrogen) atoms. The van der Waals surface area contributed by atoms with Crippen molar-refractivity contribution in [2.45, 2.75) is 90.9 Å². The summed E-state index contributed by atoms with van der Waals surface area (Å²) in [5.41, 5.74) is 0.738. The van der Waals surface area contributed by atoms with Gasteiger partial charge in [-0.1, -0.05) is 102 Å². The molecule has 0 bridgehead atoms. The number of hydrogen-bond acceptors (Lipinski definition) is 4. The molecular formula is C29H44N2O3Si2. The van der Waals surface area contributed by atoms with E-state index in [1.54, 1.807) is 0 Å². The highest BCUT2D eigenvalue weighted by molar-refractivity contribution is 6.99. The number of nitrogens with zero attached hydrogens (tertiary/aromatic N) is 2. The highest BCUT2D eigenvalue weighted by atomic mass is 28.4. The second-order valence-electron chi connectivity index (χ2n) is 12.3. The van der Waals surface area contributed by atoms with Crippen molar-refractivity contribution in [3.8, 4) is 5.88 Å². The number of benzene rings is 2. The van der Waals surface area contributed by atoms with Crippen LogP contribution in [0, 0.1) is 0 Å². The fourth-order valence-electron chi connectivity index (χ4n) is 4.45. The average molecular weight is 525 g/mol. The lowest BCUT2D eigenvalue weighted by Gasteiger charge is -2.44. The molecule has 0 aliphatic carbocycles. The Morgan fingerprint density at radius 2 is 1.36 bits per heavy atom. The van der Waals surface area contributed by atoms with E-state index in [-0.39, 0.29) is 22.8 Å². The molecule has 7 heteroatoms. The van der Waals surface area contributed by atoms with Crippen molar-refractivity contribution in [2.24, 2.45) is 0 Å². The number of aliphatic hydroxyl groups excluding tert-OH is 1. The number of aromatic nitrogens is 2. The molecule has 196 valence electrons. The number of aliphatic hydroxyl groups is 1. The van der Waals surface area contributed by atoms with Crippen LogP contribution < -0.4 is 14.8 Å². The van der Waals surface area contributed by atoms with Gasteiger partial charge >= 0.3 is 0 Å². The Labute approximate surface area is 219 Å². The zero-order chi connectivity index (χ0) is 26.8. The third kappa shape index (κ3) is 5.85. The second-order valence-corrected chi connectivity index (χ2v) is 21.2. The molecule has 0 radical (unpaired) electrons. The van der Waals surface area contributed by atoms with E-state index >= 15 is 0 Å². The van der Waals surface area contributed by atoms with Crippen molar-refractivity contribution in [3.05, 3.63) is 72.4 Å². The van der Waals surface area contributed by atoms with E-state index in [1.165, 1.54) is 10.4 Å². The Kier molecular flexibility index (Phi) is 8.40. The first-order valence-corrected chi connectivity index (χ1v) is 17.7. The Bertz CT molecular complexity index is 1080. The lowest BCUT2D eigenvalue weighted by Crippen LogP contribution is -2.67. The molecule has 0 fully saturated rings. The van der Waals surface area contributed by atoms with Gasteiger partial charge in [0.1, 0.15) is 0 Å². The number of rotatable bonds is 9. The van der Waals surface area contributed by atoms with Crippen LogP contribution in [0.25, 0.3) is 0 Å². The van der Waals surface area contributed by atoms with Crippen LogP contribution in [-0.4, -0.2) is 37.6 Å². The van der Waals surface area contributed by atoms with E-state index in [0.29, 0.717) is 12.4 Å². The van der Waals surface area contributed by atoms with Crippen molar-refractivity contribution >= 4 is 27.0 Å². The second kappa shape index (κ2) is 10.7. The van der Waals surface area contributed by atoms with Crippen molar-refractivity contribution < 1.29 is 14.0 Å². The third-order valence-corrected chi connectivity index (χ3v) is 16.9. The zero-order valence-electron chi connectivity index (χ0n) is 23.5. The molecule has 1 atom stereocenters. The molecule has 0 unspecified atom stereocenters. The van der Waals surface area contributed by atoms with E-state index in [9.17, 15) is 5.11 Å². The van der Waals surface area contributed by atoms with Gasteiger partial charge in [0.15, 0.2) is 0 Å². The molecule has 0 amide bonds.